The Morgan fingerprint density at radius 1 is 1.03 bits per heavy atom. The smallest absolute Gasteiger partial charge is 0.270 e. The summed E-state index contributed by atoms with van der Waals surface area (Å²) >= 11 is 0. The van der Waals surface area contributed by atoms with Crippen LogP contribution in [-0.4, -0.2) is 60.5 Å². The summed E-state index contributed by atoms with van der Waals surface area (Å²) in [5.41, 5.74) is 0.462. The molecule has 10 heteroatoms. The second-order valence-corrected chi connectivity index (χ2v) is 8.63. The van der Waals surface area contributed by atoms with Crippen LogP contribution >= 0.6 is 0 Å². The predicted octanol–water partition coefficient (Wildman–Crippen LogP) is 2.15. The number of allylic oxidation sites excluding steroid dienone is 1. The van der Waals surface area contributed by atoms with Crippen LogP contribution in [-0.2, 0) is 9.59 Å². The van der Waals surface area contributed by atoms with E-state index in [0.29, 0.717) is 13.1 Å². The lowest BCUT2D eigenvalue weighted by molar-refractivity contribution is -0.117. The molecule has 36 heavy (non-hydrogen) atoms. The van der Waals surface area contributed by atoms with Gasteiger partial charge in [-0.05, 0) is 57.7 Å². The van der Waals surface area contributed by atoms with Crippen molar-refractivity contribution in [3.05, 3.63) is 54.0 Å². The molecular weight excluding hydrogens is 460 g/mol. The average Bonchev–Trinajstić information content (AvgIpc) is 2.85. The molecule has 0 aliphatic heterocycles. The SMILES string of the molecule is C=C(/N=C(\C=C/C)C(=O)NC(C)C)C(=O)NC[C@@H](C)CCCCNC(=O)c1cccc(C(=O)NC)n1. The number of unbranched alkanes of at least 4 members (excludes halogenated alkanes) is 1. The van der Waals surface area contributed by atoms with Crippen LogP contribution in [0.25, 0.3) is 0 Å². The first-order valence-corrected chi connectivity index (χ1v) is 12.1. The van der Waals surface area contributed by atoms with Gasteiger partial charge in [0.1, 0.15) is 22.8 Å². The van der Waals surface area contributed by atoms with Gasteiger partial charge in [-0.15, -0.1) is 0 Å². The molecule has 0 bridgehead atoms. The number of pyridine rings is 1. The van der Waals surface area contributed by atoms with Crippen LogP contribution in [0.1, 0.15) is 67.9 Å². The molecule has 4 N–H and O–H groups in total. The van der Waals surface area contributed by atoms with Crippen LogP contribution < -0.4 is 21.3 Å². The summed E-state index contributed by atoms with van der Waals surface area (Å²) in [6.45, 7) is 12.0. The summed E-state index contributed by atoms with van der Waals surface area (Å²) in [5.74, 6) is -1.28. The highest BCUT2D eigenvalue weighted by atomic mass is 16.2. The zero-order chi connectivity index (χ0) is 27.1. The van der Waals surface area contributed by atoms with E-state index in [1.807, 2.05) is 20.8 Å². The average molecular weight is 499 g/mol. The number of amides is 4. The Bertz CT molecular complexity index is 1000. The molecule has 0 aliphatic carbocycles. The lowest BCUT2D eigenvalue weighted by atomic mass is 10.0. The second kappa shape index (κ2) is 16.0. The first-order valence-electron chi connectivity index (χ1n) is 12.1. The van der Waals surface area contributed by atoms with Crippen molar-refractivity contribution in [3.63, 3.8) is 0 Å². The maximum Gasteiger partial charge on any atom is 0.270 e. The first kappa shape index (κ1) is 30.2. The molecule has 10 nitrogen and oxygen atoms in total. The van der Waals surface area contributed by atoms with Crippen molar-refractivity contribution in [3.8, 4) is 0 Å². The van der Waals surface area contributed by atoms with E-state index in [1.54, 1.807) is 31.2 Å². The Morgan fingerprint density at radius 2 is 1.69 bits per heavy atom. The molecule has 0 fully saturated rings. The number of nitrogens with one attached hydrogen (secondary N) is 4. The van der Waals surface area contributed by atoms with E-state index >= 15 is 0 Å². The van der Waals surface area contributed by atoms with Crippen molar-refractivity contribution < 1.29 is 19.2 Å². The highest BCUT2D eigenvalue weighted by Gasteiger charge is 2.14. The summed E-state index contributed by atoms with van der Waals surface area (Å²) in [6, 6.07) is 4.66. The molecule has 1 aromatic rings. The van der Waals surface area contributed by atoms with Crippen molar-refractivity contribution >= 4 is 29.3 Å². The van der Waals surface area contributed by atoms with E-state index in [9.17, 15) is 19.2 Å². The van der Waals surface area contributed by atoms with Gasteiger partial charge < -0.3 is 21.3 Å². The largest absolute Gasteiger partial charge is 0.354 e. The van der Waals surface area contributed by atoms with Gasteiger partial charge in [0.25, 0.3) is 23.6 Å². The Hall–Kier alpha value is -3.82. The Balaban J connectivity index is 2.39. The van der Waals surface area contributed by atoms with Crippen LogP contribution in [0.2, 0.25) is 0 Å². The third-order valence-electron chi connectivity index (χ3n) is 4.96. The standard InChI is InChI=1S/C26H38N6O4/c1-7-11-20(26(36)30-17(2)3)31-19(5)23(33)29-16-18(4)12-8-9-15-28-25(35)22-14-10-13-21(32-22)24(34)27-6/h7,10-11,13-14,17-18H,5,8-9,12,15-16H2,1-4,6H3,(H,27,34)(H,28,35)(H,29,33)(H,30,36)/b11-7-,31-20+/t18-/m0/s1. The van der Waals surface area contributed by atoms with Gasteiger partial charge in [0, 0.05) is 26.2 Å². The van der Waals surface area contributed by atoms with Crippen molar-refractivity contribution in [1.82, 2.24) is 26.3 Å². The highest BCUT2D eigenvalue weighted by Crippen LogP contribution is 2.07. The van der Waals surface area contributed by atoms with Gasteiger partial charge in [-0.25, -0.2) is 9.98 Å². The fourth-order valence-electron chi connectivity index (χ4n) is 3.05. The van der Waals surface area contributed by atoms with Crippen LogP contribution in [0, 0.1) is 5.92 Å². The number of carbonyl (C=O) groups excluding carboxylic acids is 4. The monoisotopic (exact) mass is 498 g/mol. The molecular formula is C26H38N6O4. The van der Waals surface area contributed by atoms with Gasteiger partial charge in [-0.3, -0.25) is 19.2 Å². The van der Waals surface area contributed by atoms with Crippen molar-refractivity contribution in [2.75, 3.05) is 20.1 Å². The molecule has 0 aromatic carbocycles. The topological polar surface area (TPSA) is 142 Å². The molecule has 0 saturated carbocycles. The maximum absolute atomic E-state index is 12.4. The van der Waals surface area contributed by atoms with Crippen LogP contribution in [0.4, 0.5) is 0 Å². The third-order valence-corrected chi connectivity index (χ3v) is 4.96. The molecule has 196 valence electrons. The zero-order valence-electron chi connectivity index (χ0n) is 21.8. The van der Waals surface area contributed by atoms with E-state index in [-0.39, 0.29) is 52.5 Å². The summed E-state index contributed by atoms with van der Waals surface area (Å²) in [6.07, 6.45) is 5.66. The van der Waals surface area contributed by atoms with Gasteiger partial charge in [-0.1, -0.05) is 32.1 Å². The van der Waals surface area contributed by atoms with Crippen LogP contribution in [0.3, 0.4) is 0 Å². The third kappa shape index (κ3) is 11.1. The molecule has 1 atom stereocenters. The van der Waals surface area contributed by atoms with Crippen molar-refractivity contribution in [1.29, 1.82) is 0 Å². The molecule has 1 aromatic heterocycles. The summed E-state index contributed by atoms with van der Waals surface area (Å²) in [4.78, 5) is 56.6. The molecule has 0 unspecified atom stereocenters. The molecule has 0 saturated heterocycles. The van der Waals surface area contributed by atoms with Crippen molar-refractivity contribution in [2.45, 2.75) is 53.0 Å². The first-order chi connectivity index (χ1) is 17.1. The van der Waals surface area contributed by atoms with Gasteiger partial charge >= 0.3 is 0 Å². The lowest BCUT2D eigenvalue weighted by Crippen LogP contribution is -2.36. The highest BCUT2D eigenvalue weighted by molar-refractivity contribution is 6.43. The molecule has 1 heterocycles. The van der Waals surface area contributed by atoms with Gasteiger partial charge in [-0.2, -0.15) is 0 Å². The summed E-state index contributed by atoms with van der Waals surface area (Å²) < 4.78 is 0. The minimum atomic E-state index is -0.431. The van der Waals surface area contributed by atoms with E-state index in [0.717, 1.165) is 19.3 Å². The van der Waals surface area contributed by atoms with E-state index in [1.165, 1.54) is 13.1 Å². The van der Waals surface area contributed by atoms with Gasteiger partial charge in [0.2, 0.25) is 0 Å². The molecule has 4 amide bonds. The lowest BCUT2D eigenvalue weighted by Gasteiger charge is -2.13. The summed E-state index contributed by atoms with van der Waals surface area (Å²) in [7, 11) is 1.50. The van der Waals surface area contributed by atoms with Gasteiger partial charge in [0.15, 0.2) is 0 Å². The zero-order valence-corrected chi connectivity index (χ0v) is 21.8. The maximum atomic E-state index is 12.4. The molecule has 0 aliphatic rings. The fraction of sp³-hybridized carbons (Fsp3) is 0.462. The Kier molecular flexibility index (Phi) is 13.4. The number of nitrogens with zero attached hydrogens (tertiary/aromatic N) is 2. The quantitative estimate of drug-likeness (QED) is 0.177. The number of aromatic nitrogens is 1. The number of aliphatic imine (C=N–C) groups is 1. The molecule has 0 radical (unpaired) electrons. The van der Waals surface area contributed by atoms with E-state index in [2.05, 4.69) is 37.8 Å². The Morgan fingerprint density at radius 3 is 2.31 bits per heavy atom. The fourth-order valence-corrected chi connectivity index (χ4v) is 3.05. The molecule has 0 spiro atoms. The van der Waals surface area contributed by atoms with E-state index < -0.39 is 5.91 Å². The van der Waals surface area contributed by atoms with Crippen LogP contribution in [0.15, 0.2) is 47.6 Å². The van der Waals surface area contributed by atoms with Crippen molar-refractivity contribution in [2.24, 2.45) is 10.9 Å². The second-order valence-electron chi connectivity index (χ2n) is 8.63. The molecule has 1 rings (SSSR count). The minimum absolute atomic E-state index is 0.0361. The predicted molar refractivity (Wildman–Crippen MR) is 141 cm³/mol. The van der Waals surface area contributed by atoms with E-state index in [4.69, 9.17) is 0 Å². The van der Waals surface area contributed by atoms with Gasteiger partial charge in [0.05, 0.1) is 0 Å². The van der Waals surface area contributed by atoms with Crippen LogP contribution in [0.5, 0.6) is 0 Å². The minimum Gasteiger partial charge on any atom is -0.354 e. The number of hydrogen-bond donors (Lipinski definition) is 4. The summed E-state index contributed by atoms with van der Waals surface area (Å²) in [5, 5.41) is 10.8. The number of hydrogen-bond acceptors (Lipinski definition) is 6. The number of carbonyl (C=O) groups is 4. The normalized spacial score (nSPS) is 12.2. The Labute approximate surface area is 213 Å². The number of rotatable bonds is 14.